The summed E-state index contributed by atoms with van der Waals surface area (Å²) in [6.07, 6.45) is 1.01. The SMILES string of the molecule is CC(=O)N[C@H]1CN(C(=O)CNS(C)(=O)=O)C[C@@H]1c1ccccc1. The van der Waals surface area contributed by atoms with Gasteiger partial charge in [0.05, 0.1) is 18.8 Å². The van der Waals surface area contributed by atoms with Crippen molar-refractivity contribution < 1.29 is 18.0 Å². The number of carbonyl (C=O) groups is 2. The number of amides is 2. The third-order valence-electron chi connectivity index (χ3n) is 3.77. The number of carbonyl (C=O) groups excluding carboxylic acids is 2. The number of hydrogen-bond donors (Lipinski definition) is 2. The molecule has 126 valence electrons. The molecule has 0 bridgehead atoms. The van der Waals surface area contributed by atoms with Crippen molar-refractivity contribution in [3.63, 3.8) is 0 Å². The summed E-state index contributed by atoms with van der Waals surface area (Å²) >= 11 is 0. The van der Waals surface area contributed by atoms with E-state index in [1.165, 1.54) is 6.92 Å². The van der Waals surface area contributed by atoms with Gasteiger partial charge in [-0.2, -0.15) is 0 Å². The van der Waals surface area contributed by atoms with Crippen molar-refractivity contribution in [1.29, 1.82) is 0 Å². The van der Waals surface area contributed by atoms with Gasteiger partial charge in [-0.1, -0.05) is 30.3 Å². The summed E-state index contributed by atoms with van der Waals surface area (Å²) in [4.78, 5) is 25.2. The molecule has 1 saturated heterocycles. The molecular weight excluding hydrogens is 318 g/mol. The molecule has 2 atom stereocenters. The molecule has 23 heavy (non-hydrogen) atoms. The second-order valence-electron chi connectivity index (χ2n) is 5.72. The van der Waals surface area contributed by atoms with Crippen LogP contribution in [0.1, 0.15) is 18.4 Å². The summed E-state index contributed by atoms with van der Waals surface area (Å²) in [6, 6.07) is 9.47. The Balaban J connectivity index is 2.10. The Hall–Kier alpha value is -1.93. The first kappa shape index (κ1) is 17.4. The van der Waals surface area contributed by atoms with Gasteiger partial charge in [0.2, 0.25) is 21.8 Å². The summed E-state index contributed by atoms with van der Waals surface area (Å²) < 4.78 is 24.4. The van der Waals surface area contributed by atoms with Crippen LogP contribution in [0.4, 0.5) is 0 Å². The quantitative estimate of drug-likeness (QED) is 0.768. The molecule has 0 saturated carbocycles. The van der Waals surface area contributed by atoms with E-state index in [4.69, 9.17) is 0 Å². The Morgan fingerprint density at radius 1 is 1.22 bits per heavy atom. The van der Waals surface area contributed by atoms with Crippen LogP contribution < -0.4 is 10.0 Å². The number of benzene rings is 1. The third-order valence-corrected chi connectivity index (χ3v) is 4.44. The molecule has 1 aromatic rings. The molecule has 8 heteroatoms. The Morgan fingerprint density at radius 3 is 2.43 bits per heavy atom. The Kier molecular flexibility index (Phi) is 5.38. The van der Waals surface area contributed by atoms with E-state index < -0.39 is 10.0 Å². The summed E-state index contributed by atoms with van der Waals surface area (Å²) in [5.74, 6) is -0.467. The molecular formula is C15H21N3O4S. The average Bonchev–Trinajstić information content (AvgIpc) is 2.88. The lowest BCUT2D eigenvalue weighted by molar-refractivity contribution is -0.129. The topological polar surface area (TPSA) is 95.6 Å². The molecule has 2 rings (SSSR count). The van der Waals surface area contributed by atoms with E-state index in [0.29, 0.717) is 13.1 Å². The fraction of sp³-hybridized carbons (Fsp3) is 0.467. The van der Waals surface area contributed by atoms with Gasteiger partial charge in [0.15, 0.2) is 0 Å². The van der Waals surface area contributed by atoms with E-state index >= 15 is 0 Å². The largest absolute Gasteiger partial charge is 0.351 e. The van der Waals surface area contributed by atoms with Gasteiger partial charge in [-0.15, -0.1) is 0 Å². The van der Waals surface area contributed by atoms with E-state index in [9.17, 15) is 18.0 Å². The standard InChI is InChI=1S/C15H21N3O4S/c1-11(19)17-14-10-18(15(20)8-16-23(2,21)22)9-13(14)12-6-4-3-5-7-12/h3-7,13-14,16H,8-10H2,1-2H3,(H,17,19)/t13-,14+/m1/s1. The van der Waals surface area contributed by atoms with Gasteiger partial charge < -0.3 is 10.2 Å². The monoisotopic (exact) mass is 339 g/mol. The smallest absolute Gasteiger partial charge is 0.237 e. The highest BCUT2D eigenvalue weighted by Crippen LogP contribution is 2.27. The fourth-order valence-corrected chi connectivity index (χ4v) is 3.14. The minimum Gasteiger partial charge on any atom is -0.351 e. The lowest BCUT2D eigenvalue weighted by Gasteiger charge is -2.18. The van der Waals surface area contributed by atoms with Gasteiger partial charge in [0.1, 0.15) is 0 Å². The van der Waals surface area contributed by atoms with E-state index in [1.54, 1.807) is 4.90 Å². The first-order valence-corrected chi connectivity index (χ1v) is 9.20. The van der Waals surface area contributed by atoms with Crippen LogP contribution in [0, 0.1) is 0 Å². The summed E-state index contributed by atoms with van der Waals surface area (Å²) in [5.41, 5.74) is 1.04. The van der Waals surface area contributed by atoms with Crippen molar-refractivity contribution >= 4 is 21.8 Å². The van der Waals surface area contributed by atoms with Crippen LogP contribution in [0.5, 0.6) is 0 Å². The minimum absolute atomic E-state index is 0.0118. The molecule has 1 aliphatic heterocycles. The van der Waals surface area contributed by atoms with Gasteiger partial charge in [-0.05, 0) is 5.56 Å². The van der Waals surface area contributed by atoms with Crippen LogP contribution in [0.2, 0.25) is 0 Å². The van der Waals surface area contributed by atoms with Crippen molar-refractivity contribution in [2.75, 3.05) is 25.9 Å². The van der Waals surface area contributed by atoms with E-state index in [-0.39, 0.29) is 30.3 Å². The maximum Gasteiger partial charge on any atom is 0.237 e. The van der Waals surface area contributed by atoms with Crippen molar-refractivity contribution in [2.24, 2.45) is 0 Å². The summed E-state index contributed by atoms with van der Waals surface area (Å²) in [7, 11) is -3.41. The molecule has 1 aromatic carbocycles. The van der Waals surface area contributed by atoms with Crippen molar-refractivity contribution in [3.05, 3.63) is 35.9 Å². The van der Waals surface area contributed by atoms with Crippen LogP contribution in [-0.2, 0) is 19.6 Å². The Morgan fingerprint density at radius 2 is 1.87 bits per heavy atom. The predicted molar refractivity (Wildman–Crippen MR) is 86.2 cm³/mol. The van der Waals surface area contributed by atoms with Crippen LogP contribution in [0.15, 0.2) is 30.3 Å². The first-order chi connectivity index (χ1) is 10.8. The highest BCUT2D eigenvalue weighted by Gasteiger charge is 2.36. The zero-order valence-electron chi connectivity index (χ0n) is 13.2. The van der Waals surface area contributed by atoms with Crippen LogP contribution in [-0.4, -0.2) is 57.1 Å². The van der Waals surface area contributed by atoms with Gasteiger partial charge in [0.25, 0.3) is 0 Å². The highest BCUT2D eigenvalue weighted by atomic mass is 32.2. The molecule has 0 radical (unpaired) electrons. The van der Waals surface area contributed by atoms with E-state index in [1.807, 2.05) is 30.3 Å². The van der Waals surface area contributed by atoms with Crippen LogP contribution in [0.25, 0.3) is 0 Å². The average molecular weight is 339 g/mol. The molecule has 0 aromatic heterocycles. The number of likely N-dealkylation sites (tertiary alicyclic amines) is 1. The van der Waals surface area contributed by atoms with Gasteiger partial charge in [0, 0.05) is 25.9 Å². The first-order valence-electron chi connectivity index (χ1n) is 7.30. The third kappa shape index (κ3) is 5.04. The van der Waals surface area contributed by atoms with Crippen molar-refractivity contribution in [3.8, 4) is 0 Å². The van der Waals surface area contributed by atoms with E-state index in [2.05, 4.69) is 10.0 Å². The molecule has 0 spiro atoms. The van der Waals surface area contributed by atoms with Gasteiger partial charge in [-0.3, -0.25) is 9.59 Å². The molecule has 1 heterocycles. The fourth-order valence-electron chi connectivity index (χ4n) is 2.76. The molecule has 2 amide bonds. The predicted octanol–water partition coefficient (Wildman–Crippen LogP) is -0.334. The number of nitrogens with one attached hydrogen (secondary N) is 2. The summed E-state index contributed by atoms with van der Waals surface area (Å²) in [5, 5.41) is 2.88. The second-order valence-corrected chi connectivity index (χ2v) is 7.55. The molecule has 1 fully saturated rings. The zero-order chi connectivity index (χ0) is 17.0. The van der Waals surface area contributed by atoms with Gasteiger partial charge >= 0.3 is 0 Å². The number of sulfonamides is 1. The highest BCUT2D eigenvalue weighted by molar-refractivity contribution is 7.88. The van der Waals surface area contributed by atoms with E-state index in [0.717, 1.165) is 11.8 Å². The zero-order valence-corrected chi connectivity index (χ0v) is 14.0. The Labute approximate surface area is 136 Å². The summed E-state index contributed by atoms with van der Waals surface area (Å²) in [6.45, 7) is 1.98. The Bertz CT molecular complexity index is 675. The van der Waals surface area contributed by atoms with Crippen molar-refractivity contribution in [2.45, 2.75) is 18.9 Å². The van der Waals surface area contributed by atoms with Crippen molar-refractivity contribution in [1.82, 2.24) is 14.9 Å². The lowest BCUT2D eigenvalue weighted by Crippen LogP contribution is -2.41. The minimum atomic E-state index is -3.41. The molecule has 7 nitrogen and oxygen atoms in total. The molecule has 0 unspecified atom stereocenters. The normalized spacial score (nSPS) is 21.2. The molecule has 1 aliphatic rings. The number of nitrogens with zero attached hydrogens (tertiary/aromatic N) is 1. The van der Waals surface area contributed by atoms with Crippen LogP contribution in [0.3, 0.4) is 0 Å². The second kappa shape index (κ2) is 7.10. The van der Waals surface area contributed by atoms with Crippen LogP contribution >= 0.6 is 0 Å². The van der Waals surface area contributed by atoms with Gasteiger partial charge in [-0.25, -0.2) is 13.1 Å². The molecule has 2 N–H and O–H groups in total. The molecule has 0 aliphatic carbocycles. The maximum absolute atomic E-state index is 12.2. The lowest BCUT2D eigenvalue weighted by atomic mass is 9.94. The maximum atomic E-state index is 12.2. The number of hydrogen-bond acceptors (Lipinski definition) is 4. The number of rotatable bonds is 5.